The molecule has 0 saturated heterocycles. The molecule has 6 heteroatoms. The summed E-state index contributed by atoms with van der Waals surface area (Å²) in [6, 6.07) is 0. The van der Waals surface area contributed by atoms with Gasteiger partial charge in [0.2, 0.25) is 0 Å². The Bertz CT molecular complexity index is 373. The quantitative estimate of drug-likeness (QED) is 0.505. The first-order chi connectivity index (χ1) is 5.77. The SMILES string of the molecule is CC1(S(=O)(=O)O)C=CC(N)=CC1Cl. The number of nitrogens with two attached hydrogens (primary N) is 1. The summed E-state index contributed by atoms with van der Waals surface area (Å²) < 4.78 is 29.4. The molecular formula is C7H10ClNO3S. The van der Waals surface area contributed by atoms with Gasteiger partial charge in [-0.05, 0) is 19.1 Å². The molecule has 1 rings (SSSR count). The fourth-order valence-electron chi connectivity index (χ4n) is 0.972. The summed E-state index contributed by atoms with van der Waals surface area (Å²) in [5, 5.41) is -0.854. The first-order valence-electron chi connectivity index (χ1n) is 3.55. The molecule has 0 spiro atoms. The number of halogens is 1. The third-order valence-electron chi connectivity index (χ3n) is 2.05. The normalized spacial score (nSPS) is 34.4. The largest absolute Gasteiger partial charge is 0.399 e. The Hall–Kier alpha value is -0.520. The van der Waals surface area contributed by atoms with E-state index in [-0.39, 0.29) is 0 Å². The molecule has 4 nitrogen and oxygen atoms in total. The third kappa shape index (κ3) is 1.72. The summed E-state index contributed by atoms with van der Waals surface area (Å²) in [5.41, 5.74) is 5.79. The highest BCUT2D eigenvalue weighted by molar-refractivity contribution is 7.87. The van der Waals surface area contributed by atoms with Gasteiger partial charge in [-0.15, -0.1) is 11.6 Å². The van der Waals surface area contributed by atoms with E-state index in [0.29, 0.717) is 5.70 Å². The zero-order valence-electron chi connectivity index (χ0n) is 6.94. The summed E-state index contributed by atoms with van der Waals surface area (Å²) in [6.45, 7) is 1.33. The number of allylic oxidation sites excluding steroid dienone is 2. The van der Waals surface area contributed by atoms with E-state index in [4.69, 9.17) is 21.9 Å². The summed E-state index contributed by atoms with van der Waals surface area (Å²) in [4.78, 5) is 0. The first kappa shape index (κ1) is 10.6. The van der Waals surface area contributed by atoms with Crippen LogP contribution in [0.15, 0.2) is 23.9 Å². The summed E-state index contributed by atoms with van der Waals surface area (Å²) in [5.74, 6) is 0. The molecule has 74 valence electrons. The lowest BCUT2D eigenvalue weighted by Crippen LogP contribution is -2.42. The van der Waals surface area contributed by atoms with E-state index < -0.39 is 20.2 Å². The third-order valence-corrected chi connectivity index (χ3v) is 4.26. The van der Waals surface area contributed by atoms with Gasteiger partial charge >= 0.3 is 0 Å². The van der Waals surface area contributed by atoms with Crippen LogP contribution in [0.5, 0.6) is 0 Å². The number of alkyl halides is 1. The predicted octanol–water partition coefficient (Wildman–Crippen LogP) is 0.653. The molecule has 2 atom stereocenters. The fourth-order valence-corrected chi connectivity index (χ4v) is 2.12. The summed E-state index contributed by atoms with van der Waals surface area (Å²) in [7, 11) is -4.22. The summed E-state index contributed by atoms with van der Waals surface area (Å²) >= 11 is 5.76. The van der Waals surface area contributed by atoms with E-state index in [2.05, 4.69) is 0 Å². The number of hydrogen-bond donors (Lipinski definition) is 2. The molecule has 0 saturated carbocycles. The van der Waals surface area contributed by atoms with Gasteiger partial charge in [-0.25, -0.2) is 0 Å². The maximum atomic E-state index is 11.0. The lowest BCUT2D eigenvalue weighted by Gasteiger charge is -2.28. The van der Waals surface area contributed by atoms with Crippen molar-refractivity contribution in [2.75, 3.05) is 0 Å². The van der Waals surface area contributed by atoms with Gasteiger partial charge in [0, 0.05) is 5.70 Å². The second-order valence-corrected chi connectivity index (χ2v) is 5.36. The van der Waals surface area contributed by atoms with Crippen LogP contribution in [-0.2, 0) is 10.1 Å². The molecule has 0 heterocycles. The molecule has 0 amide bonds. The van der Waals surface area contributed by atoms with Gasteiger partial charge in [-0.2, -0.15) is 8.42 Å². The molecular weight excluding hydrogens is 214 g/mol. The van der Waals surface area contributed by atoms with Gasteiger partial charge < -0.3 is 5.73 Å². The van der Waals surface area contributed by atoms with Gasteiger partial charge in [0.15, 0.2) is 0 Å². The van der Waals surface area contributed by atoms with E-state index >= 15 is 0 Å². The highest BCUT2D eigenvalue weighted by atomic mass is 35.5. The van der Waals surface area contributed by atoms with Crippen LogP contribution < -0.4 is 5.73 Å². The molecule has 0 aliphatic heterocycles. The highest BCUT2D eigenvalue weighted by Gasteiger charge is 2.43. The number of rotatable bonds is 1. The number of hydrogen-bond acceptors (Lipinski definition) is 3. The molecule has 13 heavy (non-hydrogen) atoms. The molecule has 0 aromatic rings. The highest BCUT2D eigenvalue weighted by Crippen LogP contribution is 2.31. The van der Waals surface area contributed by atoms with Crippen LogP contribution in [0.25, 0.3) is 0 Å². The Morgan fingerprint density at radius 2 is 2.23 bits per heavy atom. The molecule has 0 radical (unpaired) electrons. The Kier molecular flexibility index (Phi) is 2.44. The Morgan fingerprint density at radius 3 is 2.62 bits per heavy atom. The Balaban J connectivity index is 3.18. The Morgan fingerprint density at radius 1 is 1.69 bits per heavy atom. The molecule has 2 unspecified atom stereocenters. The van der Waals surface area contributed by atoms with Gasteiger partial charge in [0.05, 0.1) is 5.38 Å². The van der Waals surface area contributed by atoms with Crippen molar-refractivity contribution in [2.24, 2.45) is 5.73 Å². The van der Waals surface area contributed by atoms with Crippen LogP contribution in [-0.4, -0.2) is 23.1 Å². The van der Waals surface area contributed by atoms with Crippen LogP contribution in [0, 0.1) is 0 Å². The Labute approximate surface area is 81.8 Å². The lowest BCUT2D eigenvalue weighted by molar-refractivity contribution is 0.453. The van der Waals surface area contributed by atoms with E-state index in [1.807, 2.05) is 0 Å². The molecule has 1 aliphatic rings. The maximum absolute atomic E-state index is 11.0. The van der Waals surface area contributed by atoms with E-state index in [0.717, 1.165) is 0 Å². The average Bonchev–Trinajstić information content (AvgIpc) is 1.95. The van der Waals surface area contributed by atoms with Gasteiger partial charge in [-0.3, -0.25) is 4.55 Å². The lowest BCUT2D eigenvalue weighted by atomic mass is 10.0. The van der Waals surface area contributed by atoms with Crippen molar-refractivity contribution >= 4 is 21.7 Å². The van der Waals surface area contributed by atoms with Crippen molar-refractivity contribution < 1.29 is 13.0 Å². The predicted molar refractivity (Wildman–Crippen MR) is 51.0 cm³/mol. The van der Waals surface area contributed by atoms with E-state index in [1.165, 1.54) is 25.2 Å². The summed E-state index contributed by atoms with van der Waals surface area (Å²) in [6.07, 6.45) is 4.08. The smallest absolute Gasteiger partial charge is 0.275 e. The van der Waals surface area contributed by atoms with Crippen molar-refractivity contribution in [3.63, 3.8) is 0 Å². The second-order valence-electron chi connectivity index (χ2n) is 3.06. The zero-order valence-corrected chi connectivity index (χ0v) is 8.51. The van der Waals surface area contributed by atoms with Crippen LogP contribution in [0.1, 0.15) is 6.92 Å². The monoisotopic (exact) mass is 223 g/mol. The van der Waals surface area contributed by atoms with Crippen LogP contribution in [0.3, 0.4) is 0 Å². The maximum Gasteiger partial charge on any atom is 0.275 e. The minimum Gasteiger partial charge on any atom is -0.399 e. The molecule has 0 aromatic heterocycles. The second kappa shape index (κ2) is 3.01. The van der Waals surface area contributed by atoms with Crippen molar-refractivity contribution in [1.82, 2.24) is 0 Å². The molecule has 0 fully saturated rings. The van der Waals surface area contributed by atoms with Crippen molar-refractivity contribution in [3.8, 4) is 0 Å². The van der Waals surface area contributed by atoms with Gasteiger partial charge in [0.25, 0.3) is 10.1 Å². The van der Waals surface area contributed by atoms with Crippen molar-refractivity contribution in [1.29, 1.82) is 0 Å². The van der Waals surface area contributed by atoms with Gasteiger partial charge in [0.1, 0.15) is 4.75 Å². The molecule has 0 bridgehead atoms. The fraction of sp³-hybridized carbons (Fsp3) is 0.429. The molecule has 0 aromatic carbocycles. The van der Waals surface area contributed by atoms with E-state index in [9.17, 15) is 8.42 Å². The van der Waals surface area contributed by atoms with Crippen LogP contribution in [0.4, 0.5) is 0 Å². The minimum atomic E-state index is -4.22. The molecule has 1 aliphatic carbocycles. The zero-order chi connectivity index (χ0) is 10.3. The van der Waals surface area contributed by atoms with Crippen LogP contribution >= 0.6 is 11.6 Å². The van der Waals surface area contributed by atoms with Crippen molar-refractivity contribution in [2.45, 2.75) is 17.0 Å². The standard InChI is InChI=1S/C7H10ClNO3S/c1-7(13(10,11)12)3-2-5(9)4-6(7)8/h2-4,6H,9H2,1H3,(H,10,11,12). The van der Waals surface area contributed by atoms with Crippen molar-refractivity contribution in [3.05, 3.63) is 23.9 Å². The van der Waals surface area contributed by atoms with Crippen LogP contribution in [0.2, 0.25) is 0 Å². The average molecular weight is 224 g/mol. The molecule has 3 N–H and O–H groups in total. The van der Waals surface area contributed by atoms with E-state index in [1.54, 1.807) is 0 Å². The van der Waals surface area contributed by atoms with Gasteiger partial charge in [-0.1, -0.05) is 6.08 Å². The first-order valence-corrected chi connectivity index (χ1v) is 5.42. The topological polar surface area (TPSA) is 80.4 Å². The minimum absolute atomic E-state index is 0.390.